The van der Waals surface area contributed by atoms with Gasteiger partial charge in [-0.2, -0.15) is 0 Å². The number of rotatable bonds is 6. The molecule has 1 fully saturated rings. The van der Waals surface area contributed by atoms with Crippen LogP contribution in [0.5, 0.6) is 0 Å². The van der Waals surface area contributed by atoms with Crippen molar-refractivity contribution in [3.8, 4) is 0 Å². The molecule has 0 amide bonds. The minimum Gasteiger partial charge on any atom is -0.376 e. The number of Topliss-reactive ketones (excluding diaryl/α,β-unsaturated/α-hetero) is 1. The van der Waals surface area contributed by atoms with Gasteiger partial charge in [-0.25, -0.2) is 4.98 Å². The molecule has 1 aliphatic rings. The largest absolute Gasteiger partial charge is 0.376 e. The van der Waals surface area contributed by atoms with Gasteiger partial charge in [0, 0.05) is 12.2 Å². The van der Waals surface area contributed by atoms with Crippen LogP contribution >= 0.6 is 11.8 Å². The fourth-order valence-electron chi connectivity index (χ4n) is 3.44. The van der Waals surface area contributed by atoms with E-state index >= 15 is 0 Å². The van der Waals surface area contributed by atoms with E-state index in [1.165, 1.54) is 11.8 Å². The van der Waals surface area contributed by atoms with E-state index in [0.717, 1.165) is 19.4 Å². The normalized spacial score (nSPS) is 17.7. The minimum atomic E-state index is -0.355. The van der Waals surface area contributed by atoms with E-state index in [-0.39, 0.29) is 22.7 Å². The lowest BCUT2D eigenvalue weighted by Crippen LogP contribution is -2.29. The van der Waals surface area contributed by atoms with E-state index in [4.69, 9.17) is 9.72 Å². The van der Waals surface area contributed by atoms with Crippen molar-refractivity contribution in [1.29, 1.82) is 0 Å². The molecule has 0 bridgehead atoms. The first-order valence-corrected chi connectivity index (χ1v) is 10.4. The van der Waals surface area contributed by atoms with E-state index in [0.29, 0.717) is 28.2 Å². The number of para-hydroxylation sites is 1. The third-order valence-electron chi connectivity index (χ3n) is 4.95. The fourth-order valence-corrected chi connectivity index (χ4v) is 4.43. The summed E-state index contributed by atoms with van der Waals surface area (Å²) < 4.78 is 7.42. The predicted molar refractivity (Wildman–Crippen MR) is 111 cm³/mol. The summed E-state index contributed by atoms with van der Waals surface area (Å²) in [4.78, 5) is 30.6. The van der Waals surface area contributed by atoms with Gasteiger partial charge >= 0.3 is 0 Å². The van der Waals surface area contributed by atoms with Crippen molar-refractivity contribution < 1.29 is 9.53 Å². The average Bonchev–Trinajstić information content (AvgIpc) is 3.24. The molecule has 2 heterocycles. The second-order valence-electron chi connectivity index (χ2n) is 6.95. The summed E-state index contributed by atoms with van der Waals surface area (Å²) >= 11 is 1.33. The SMILES string of the molecule is CC(Sc1nc2ccccc2c(=O)n1CC1CCCO1)C(=O)c1ccccc1. The summed E-state index contributed by atoms with van der Waals surface area (Å²) in [6.07, 6.45) is 1.95. The summed E-state index contributed by atoms with van der Waals surface area (Å²) in [6, 6.07) is 16.6. The highest BCUT2D eigenvalue weighted by Gasteiger charge is 2.23. The zero-order chi connectivity index (χ0) is 19.5. The molecule has 0 aliphatic carbocycles. The molecule has 1 aliphatic heterocycles. The van der Waals surface area contributed by atoms with Crippen molar-refractivity contribution in [1.82, 2.24) is 9.55 Å². The van der Waals surface area contributed by atoms with E-state index in [9.17, 15) is 9.59 Å². The Kier molecular flexibility index (Phi) is 5.59. The summed E-state index contributed by atoms with van der Waals surface area (Å²) in [6.45, 7) is 3.05. The number of benzene rings is 2. The van der Waals surface area contributed by atoms with Crippen LogP contribution in [0.2, 0.25) is 0 Å². The maximum Gasteiger partial charge on any atom is 0.262 e. The van der Waals surface area contributed by atoms with Gasteiger partial charge in [0.25, 0.3) is 5.56 Å². The minimum absolute atomic E-state index is 0.0140. The molecule has 2 atom stereocenters. The van der Waals surface area contributed by atoms with Crippen LogP contribution in [0.25, 0.3) is 10.9 Å². The van der Waals surface area contributed by atoms with Crippen molar-refractivity contribution in [2.24, 2.45) is 0 Å². The Hall–Kier alpha value is -2.44. The molecule has 6 heteroatoms. The number of nitrogens with zero attached hydrogens (tertiary/aromatic N) is 2. The molecule has 4 rings (SSSR count). The molecule has 1 aromatic heterocycles. The van der Waals surface area contributed by atoms with Crippen LogP contribution in [0.4, 0.5) is 0 Å². The van der Waals surface area contributed by atoms with Gasteiger partial charge in [-0.1, -0.05) is 54.2 Å². The molecule has 2 aromatic carbocycles. The van der Waals surface area contributed by atoms with Crippen LogP contribution in [0.15, 0.2) is 64.5 Å². The summed E-state index contributed by atoms with van der Waals surface area (Å²) in [5.41, 5.74) is 1.23. The third kappa shape index (κ3) is 3.88. The van der Waals surface area contributed by atoms with Crippen molar-refractivity contribution in [3.05, 3.63) is 70.5 Å². The van der Waals surface area contributed by atoms with Crippen molar-refractivity contribution in [2.45, 2.75) is 42.8 Å². The molecule has 2 unspecified atom stereocenters. The molecule has 0 N–H and O–H groups in total. The zero-order valence-electron chi connectivity index (χ0n) is 15.7. The molecule has 5 nitrogen and oxygen atoms in total. The van der Waals surface area contributed by atoms with Gasteiger partial charge in [-0.3, -0.25) is 14.2 Å². The first kappa shape index (κ1) is 18.9. The highest BCUT2D eigenvalue weighted by atomic mass is 32.2. The monoisotopic (exact) mass is 394 g/mol. The highest BCUT2D eigenvalue weighted by molar-refractivity contribution is 8.00. The molecular weight excluding hydrogens is 372 g/mol. The molecule has 1 saturated heterocycles. The number of aromatic nitrogens is 2. The van der Waals surface area contributed by atoms with Crippen LogP contribution in [0.3, 0.4) is 0 Å². The maximum absolute atomic E-state index is 13.1. The molecule has 3 aromatic rings. The predicted octanol–water partition coefficient (Wildman–Crippen LogP) is 3.94. The highest BCUT2D eigenvalue weighted by Crippen LogP contribution is 2.26. The quantitative estimate of drug-likeness (QED) is 0.360. The Balaban J connectivity index is 1.69. The van der Waals surface area contributed by atoms with Crippen LogP contribution in [-0.4, -0.2) is 33.3 Å². The van der Waals surface area contributed by atoms with Crippen LogP contribution in [-0.2, 0) is 11.3 Å². The van der Waals surface area contributed by atoms with E-state index in [1.54, 1.807) is 10.6 Å². The Morgan fingerprint density at radius 2 is 1.96 bits per heavy atom. The number of fused-ring (bicyclic) bond motifs is 1. The summed E-state index contributed by atoms with van der Waals surface area (Å²) in [5, 5.41) is 0.800. The van der Waals surface area contributed by atoms with Gasteiger partial charge in [0.1, 0.15) is 0 Å². The number of hydrogen-bond acceptors (Lipinski definition) is 5. The smallest absolute Gasteiger partial charge is 0.262 e. The second-order valence-corrected chi connectivity index (χ2v) is 8.26. The first-order valence-electron chi connectivity index (χ1n) is 9.50. The van der Waals surface area contributed by atoms with Crippen molar-refractivity contribution >= 4 is 28.4 Å². The number of ketones is 1. The van der Waals surface area contributed by atoms with Crippen LogP contribution < -0.4 is 5.56 Å². The maximum atomic E-state index is 13.1. The van der Waals surface area contributed by atoms with Crippen molar-refractivity contribution in [3.63, 3.8) is 0 Å². The first-order chi connectivity index (χ1) is 13.6. The molecule has 28 heavy (non-hydrogen) atoms. The third-order valence-corrected chi connectivity index (χ3v) is 6.04. The Morgan fingerprint density at radius 3 is 2.71 bits per heavy atom. The molecule has 0 radical (unpaired) electrons. The van der Waals surface area contributed by atoms with Gasteiger partial charge in [0.2, 0.25) is 0 Å². The van der Waals surface area contributed by atoms with Gasteiger partial charge in [0.05, 0.1) is 28.8 Å². The van der Waals surface area contributed by atoms with Gasteiger partial charge in [-0.15, -0.1) is 0 Å². The zero-order valence-corrected chi connectivity index (χ0v) is 16.5. The molecule has 0 spiro atoms. The fraction of sp³-hybridized carbons (Fsp3) is 0.318. The van der Waals surface area contributed by atoms with Gasteiger partial charge in [-0.05, 0) is 31.9 Å². The standard InChI is InChI=1S/C22H22N2O3S/c1-15(20(25)16-8-3-2-4-9-16)28-22-23-19-12-6-5-11-18(19)21(26)24(22)14-17-10-7-13-27-17/h2-6,8-9,11-12,15,17H,7,10,13-14H2,1H3. The number of carbonyl (C=O) groups excluding carboxylic acids is 1. The summed E-state index contributed by atoms with van der Waals surface area (Å²) in [7, 11) is 0. The average molecular weight is 394 g/mol. The number of thioether (sulfide) groups is 1. The second kappa shape index (κ2) is 8.29. The Labute approximate surface area is 167 Å². The van der Waals surface area contributed by atoms with Crippen LogP contribution in [0.1, 0.15) is 30.1 Å². The lowest BCUT2D eigenvalue weighted by Gasteiger charge is -2.18. The van der Waals surface area contributed by atoms with Gasteiger partial charge < -0.3 is 4.74 Å². The van der Waals surface area contributed by atoms with Crippen molar-refractivity contribution in [2.75, 3.05) is 6.61 Å². The summed E-state index contributed by atoms with van der Waals surface area (Å²) in [5.74, 6) is 0.0247. The topological polar surface area (TPSA) is 61.2 Å². The number of ether oxygens (including phenoxy) is 1. The van der Waals surface area contributed by atoms with E-state index in [2.05, 4.69) is 0 Å². The van der Waals surface area contributed by atoms with E-state index in [1.807, 2.05) is 55.5 Å². The van der Waals surface area contributed by atoms with Gasteiger partial charge in [0.15, 0.2) is 10.9 Å². The van der Waals surface area contributed by atoms with Crippen LogP contribution in [0, 0.1) is 0 Å². The Bertz CT molecular complexity index is 1040. The van der Waals surface area contributed by atoms with E-state index < -0.39 is 0 Å². The molecule has 0 saturated carbocycles. The number of hydrogen-bond donors (Lipinski definition) is 0. The molecular formula is C22H22N2O3S. The molecule has 144 valence electrons. The number of carbonyl (C=O) groups is 1. The Morgan fingerprint density at radius 1 is 1.21 bits per heavy atom. The lowest BCUT2D eigenvalue weighted by atomic mass is 10.1. The lowest BCUT2D eigenvalue weighted by molar-refractivity contribution is 0.0937.